The molecular formula is C12H14N2O6. The van der Waals surface area contributed by atoms with Crippen LogP contribution in [-0.2, 0) is 4.79 Å². The van der Waals surface area contributed by atoms with Gasteiger partial charge in [-0.05, 0) is 13.0 Å². The molecule has 1 N–H and O–H groups in total. The Hall–Kier alpha value is -2.64. The Labute approximate surface area is 114 Å². The van der Waals surface area contributed by atoms with Gasteiger partial charge in [-0.1, -0.05) is 0 Å². The number of carboxylic acids is 1. The standard InChI is InChI=1S/C12H14N2O6/c1-7(11(15)13(2)3)20-10-6-8(12(16)17)4-5-9(10)14(18)19/h4-7H,1-3H3,(H,16,17). The molecule has 1 rings (SSSR count). The summed E-state index contributed by atoms with van der Waals surface area (Å²) in [7, 11) is 3.04. The van der Waals surface area contributed by atoms with Gasteiger partial charge in [0.2, 0.25) is 0 Å². The molecule has 0 saturated heterocycles. The number of ether oxygens (including phenoxy) is 1. The Kier molecular flexibility index (Phi) is 4.63. The molecule has 1 unspecified atom stereocenters. The third-order valence-electron chi connectivity index (χ3n) is 2.50. The summed E-state index contributed by atoms with van der Waals surface area (Å²) in [4.78, 5) is 34.0. The molecule has 0 aliphatic heterocycles. The number of nitro benzene ring substituents is 1. The van der Waals surface area contributed by atoms with Gasteiger partial charge < -0.3 is 14.7 Å². The number of aromatic carboxylic acids is 1. The van der Waals surface area contributed by atoms with Gasteiger partial charge in [-0.15, -0.1) is 0 Å². The highest BCUT2D eigenvalue weighted by molar-refractivity contribution is 5.89. The molecule has 0 bridgehead atoms. The van der Waals surface area contributed by atoms with Gasteiger partial charge in [0.05, 0.1) is 10.5 Å². The third-order valence-corrected chi connectivity index (χ3v) is 2.50. The van der Waals surface area contributed by atoms with Gasteiger partial charge in [0.1, 0.15) is 0 Å². The van der Waals surface area contributed by atoms with Crippen molar-refractivity contribution in [2.45, 2.75) is 13.0 Å². The maximum absolute atomic E-state index is 11.7. The first kappa shape index (κ1) is 15.4. The van der Waals surface area contributed by atoms with Crippen molar-refractivity contribution in [3.05, 3.63) is 33.9 Å². The van der Waals surface area contributed by atoms with Gasteiger partial charge in [0.15, 0.2) is 11.9 Å². The molecule has 108 valence electrons. The molecule has 20 heavy (non-hydrogen) atoms. The van der Waals surface area contributed by atoms with Crippen molar-refractivity contribution < 1.29 is 24.4 Å². The highest BCUT2D eigenvalue weighted by atomic mass is 16.6. The van der Waals surface area contributed by atoms with E-state index in [0.29, 0.717) is 0 Å². The van der Waals surface area contributed by atoms with E-state index in [4.69, 9.17) is 9.84 Å². The number of hydrogen-bond donors (Lipinski definition) is 1. The van der Waals surface area contributed by atoms with Gasteiger partial charge in [0.25, 0.3) is 5.91 Å². The first-order valence-corrected chi connectivity index (χ1v) is 5.63. The molecule has 0 aromatic heterocycles. The van der Waals surface area contributed by atoms with E-state index < -0.39 is 22.7 Å². The number of benzene rings is 1. The highest BCUT2D eigenvalue weighted by Crippen LogP contribution is 2.29. The van der Waals surface area contributed by atoms with Crippen molar-refractivity contribution in [1.82, 2.24) is 4.90 Å². The number of carbonyl (C=O) groups is 2. The summed E-state index contributed by atoms with van der Waals surface area (Å²) in [6.07, 6.45) is -0.965. The lowest BCUT2D eigenvalue weighted by molar-refractivity contribution is -0.386. The average molecular weight is 282 g/mol. The largest absolute Gasteiger partial charge is 0.478 e. The van der Waals surface area contributed by atoms with Crippen LogP contribution in [0.25, 0.3) is 0 Å². The number of nitrogens with zero attached hydrogens (tertiary/aromatic N) is 2. The summed E-state index contributed by atoms with van der Waals surface area (Å²) in [5.74, 6) is -1.88. The van der Waals surface area contributed by atoms with E-state index in [0.717, 1.165) is 18.2 Å². The fourth-order valence-electron chi connectivity index (χ4n) is 1.50. The van der Waals surface area contributed by atoms with Crippen LogP contribution in [0.5, 0.6) is 5.75 Å². The summed E-state index contributed by atoms with van der Waals surface area (Å²) < 4.78 is 5.22. The molecule has 8 heteroatoms. The molecule has 1 aromatic carbocycles. The van der Waals surface area contributed by atoms with Crippen molar-refractivity contribution in [2.75, 3.05) is 14.1 Å². The van der Waals surface area contributed by atoms with E-state index in [-0.39, 0.29) is 17.2 Å². The molecule has 1 aromatic rings. The fourth-order valence-corrected chi connectivity index (χ4v) is 1.50. The van der Waals surface area contributed by atoms with Crippen molar-refractivity contribution in [3.8, 4) is 5.75 Å². The van der Waals surface area contributed by atoms with Crippen LogP contribution in [0, 0.1) is 10.1 Å². The fraction of sp³-hybridized carbons (Fsp3) is 0.333. The monoisotopic (exact) mass is 282 g/mol. The van der Waals surface area contributed by atoms with Crippen LogP contribution in [0.4, 0.5) is 5.69 Å². The quantitative estimate of drug-likeness (QED) is 0.640. The SMILES string of the molecule is CC(Oc1cc(C(=O)O)ccc1[N+](=O)[O-])C(=O)N(C)C. The van der Waals surface area contributed by atoms with Crippen molar-refractivity contribution in [1.29, 1.82) is 0 Å². The zero-order valence-corrected chi connectivity index (χ0v) is 11.2. The maximum Gasteiger partial charge on any atom is 0.335 e. The van der Waals surface area contributed by atoms with E-state index in [1.165, 1.54) is 25.9 Å². The maximum atomic E-state index is 11.7. The number of nitro groups is 1. The molecule has 0 aliphatic rings. The number of hydrogen-bond acceptors (Lipinski definition) is 5. The van der Waals surface area contributed by atoms with E-state index in [2.05, 4.69) is 0 Å². The summed E-state index contributed by atoms with van der Waals surface area (Å²) in [5, 5.41) is 19.7. The van der Waals surface area contributed by atoms with Crippen molar-refractivity contribution in [3.63, 3.8) is 0 Å². The van der Waals surface area contributed by atoms with Gasteiger partial charge in [-0.2, -0.15) is 0 Å². The first-order chi connectivity index (χ1) is 9.23. The minimum atomic E-state index is -1.24. The molecule has 0 saturated carbocycles. The summed E-state index contributed by atoms with van der Waals surface area (Å²) >= 11 is 0. The Morgan fingerprint density at radius 1 is 1.40 bits per heavy atom. The topological polar surface area (TPSA) is 110 Å². The highest BCUT2D eigenvalue weighted by Gasteiger charge is 2.23. The number of carboxylic acid groups (broad SMARTS) is 1. The van der Waals surface area contributed by atoms with Crippen LogP contribution < -0.4 is 4.74 Å². The van der Waals surface area contributed by atoms with E-state index >= 15 is 0 Å². The number of amides is 1. The van der Waals surface area contributed by atoms with Gasteiger partial charge in [-0.3, -0.25) is 14.9 Å². The molecule has 0 aliphatic carbocycles. The molecule has 1 amide bonds. The Morgan fingerprint density at radius 3 is 2.45 bits per heavy atom. The summed E-state index contributed by atoms with van der Waals surface area (Å²) in [5.41, 5.74) is -0.552. The Morgan fingerprint density at radius 2 is 2.00 bits per heavy atom. The summed E-state index contributed by atoms with van der Waals surface area (Å²) in [6.45, 7) is 1.43. The van der Waals surface area contributed by atoms with Crippen LogP contribution in [0.1, 0.15) is 17.3 Å². The molecule has 8 nitrogen and oxygen atoms in total. The average Bonchev–Trinajstić information content (AvgIpc) is 2.36. The van der Waals surface area contributed by atoms with E-state index in [1.54, 1.807) is 0 Å². The van der Waals surface area contributed by atoms with Crippen molar-refractivity contribution in [2.24, 2.45) is 0 Å². The smallest absolute Gasteiger partial charge is 0.335 e. The van der Waals surface area contributed by atoms with Crippen LogP contribution in [0.15, 0.2) is 18.2 Å². The van der Waals surface area contributed by atoms with Gasteiger partial charge in [0, 0.05) is 26.2 Å². The van der Waals surface area contributed by atoms with Gasteiger partial charge >= 0.3 is 11.7 Å². The second-order valence-corrected chi connectivity index (χ2v) is 4.24. The zero-order valence-electron chi connectivity index (χ0n) is 11.2. The normalized spacial score (nSPS) is 11.6. The Bertz CT molecular complexity index is 555. The van der Waals surface area contributed by atoms with Crippen LogP contribution in [0.3, 0.4) is 0 Å². The second kappa shape index (κ2) is 6.00. The predicted molar refractivity (Wildman–Crippen MR) is 68.8 cm³/mol. The zero-order chi connectivity index (χ0) is 15.4. The number of rotatable bonds is 5. The third kappa shape index (κ3) is 3.44. The first-order valence-electron chi connectivity index (χ1n) is 5.63. The predicted octanol–water partition coefficient (Wildman–Crippen LogP) is 1.15. The number of carbonyl (C=O) groups excluding carboxylic acids is 1. The minimum absolute atomic E-state index is 0.157. The number of likely N-dealkylation sites (N-methyl/N-ethyl adjacent to an activating group) is 1. The molecule has 0 heterocycles. The Balaban J connectivity index is 3.13. The lowest BCUT2D eigenvalue weighted by Crippen LogP contribution is -2.35. The van der Waals surface area contributed by atoms with Crippen LogP contribution in [0.2, 0.25) is 0 Å². The van der Waals surface area contributed by atoms with Crippen LogP contribution >= 0.6 is 0 Å². The molecule has 0 spiro atoms. The summed E-state index contributed by atoms with van der Waals surface area (Å²) in [6, 6.07) is 3.16. The van der Waals surface area contributed by atoms with Crippen molar-refractivity contribution >= 4 is 17.6 Å². The van der Waals surface area contributed by atoms with Gasteiger partial charge in [-0.25, -0.2) is 4.79 Å². The van der Waals surface area contributed by atoms with E-state index in [1.807, 2.05) is 0 Å². The van der Waals surface area contributed by atoms with E-state index in [9.17, 15) is 19.7 Å². The van der Waals surface area contributed by atoms with Crippen LogP contribution in [-0.4, -0.2) is 47.0 Å². The molecule has 0 fully saturated rings. The second-order valence-electron chi connectivity index (χ2n) is 4.24. The molecular weight excluding hydrogens is 268 g/mol. The molecule has 0 radical (unpaired) electrons. The lowest BCUT2D eigenvalue weighted by Gasteiger charge is -2.18. The lowest BCUT2D eigenvalue weighted by atomic mass is 10.2. The molecule has 1 atom stereocenters. The minimum Gasteiger partial charge on any atom is -0.478 e.